The van der Waals surface area contributed by atoms with Crippen molar-refractivity contribution in [3.05, 3.63) is 51.5 Å². The second kappa shape index (κ2) is 6.29. The number of benzene rings is 2. The van der Waals surface area contributed by atoms with E-state index in [-0.39, 0.29) is 0 Å². The maximum absolute atomic E-state index is 5.98. The highest BCUT2D eigenvalue weighted by atomic mass is 79.9. The molecular weight excluding hydrogens is 318 g/mol. The molecule has 20 heavy (non-hydrogen) atoms. The highest BCUT2D eigenvalue weighted by Crippen LogP contribution is 2.32. The molecule has 106 valence electrons. The van der Waals surface area contributed by atoms with Gasteiger partial charge in [-0.1, -0.05) is 22.0 Å². The van der Waals surface area contributed by atoms with Crippen molar-refractivity contribution in [3.63, 3.8) is 0 Å². The second-order valence-electron chi connectivity index (χ2n) is 4.65. The quantitative estimate of drug-likeness (QED) is 0.904. The molecule has 0 heterocycles. The molecule has 3 nitrogen and oxygen atoms in total. The van der Waals surface area contributed by atoms with Crippen molar-refractivity contribution in [1.29, 1.82) is 0 Å². The molecule has 0 aliphatic carbocycles. The minimum atomic E-state index is 0.424. The fourth-order valence-electron chi connectivity index (χ4n) is 2.02. The Balaban J connectivity index is 2.38. The zero-order valence-electron chi connectivity index (χ0n) is 11.9. The predicted octanol–water partition coefficient (Wildman–Crippen LogP) is 4.33. The van der Waals surface area contributed by atoms with Crippen LogP contribution in [0.4, 0.5) is 0 Å². The minimum Gasteiger partial charge on any atom is -0.497 e. The third-order valence-electron chi connectivity index (χ3n) is 3.13. The lowest BCUT2D eigenvalue weighted by Gasteiger charge is -2.13. The van der Waals surface area contributed by atoms with Gasteiger partial charge in [0.15, 0.2) is 0 Å². The molecule has 0 atom stereocenters. The number of methoxy groups -OCH3 is 1. The Bertz CT molecular complexity index is 603. The molecule has 0 aliphatic heterocycles. The predicted molar refractivity (Wildman–Crippen MR) is 84.6 cm³/mol. The van der Waals surface area contributed by atoms with E-state index in [1.165, 1.54) is 0 Å². The van der Waals surface area contributed by atoms with E-state index >= 15 is 0 Å². The molecule has 0 aromatic heterocycles. The Morgan fingerprint density at radius 1 is 1.05 bits per heavy atom. The molecular formula is C16H18BrNO2. The molecule has 0 bridgehead atoms. The van der Waals surface area contributed by atoms with Gasteiger partial charge in [0, 0.05) is 22.6 Å². The van der Waals surface area contributed by atoms with Crippen LogP contribution in [0.3, 0.4) is 0 Å². The van der Waals surface area contributed by atoms with E-state index in [2.05, 4.69) is 15.9 Å². The van der Waals surface area contributed by atoms with Crippen molar-refractivity contribution in [2.24, 2.45) is 5.73 Å². The van der Waals surface area contributed by atoms with Gasteiger partial charge in [-0.05, 0) is 43.2 Å². The molecule has 0 fully saturated rings. The van der Waals surface area contributed by atoms with Crippen molar-refractivity contribution < 1.29 is 9.47 Å². The smallest absolute Gasteiger partial charge is 0.135 e. The molecule has 2 aromatic rings. The summed E-state index contributed by atoms with van der Waals surface area (Å²) in [6.07, 6.45) is 0. The number of ether oxygens (including phenoxy) is 2. The number of hydrogen-bond acceptors (Lipinski definition) is 3. The SMILES string of the molecule is COc1ccc(CN)c(Oc2cc(C)c(Br)c(C)c2)c1. The summed E-state index contributed by atoms with van der Waals surface area (Å²) in [6, 6.07) is 9.66. The van der Waals surface area contributed by atoms with Gasteiger partial charge in [-0.3, -0.25) is 0 Å². The fourth-order valence-corrected chi connectivity index (χ4v) is 2.25. The first-order valence-electron chi connectivity index (χ1n) is 6.36. The van der Waals surface area contributed by atoms with Gasteiger partial charge in [-0.2, -0.15) is 0 Å². The Hall–Kier alpha value is -1.52. The molecule has 2 N–H and O–H groups in total. The van der Waals surface area contributed by atoms with Gasteiger partial charge in [0.05, 0.1) is 7.11 Å². The Kier molecular flexibility index (Phi) is 4.68. The Morgan fingerprint density at radius 2 is 1.70 bits per heavy atom. The molecule has 4 heteroatoms. The van der Waals surface area contributed by atoms with Crippen LogP contribution in [0.25, 0.3) is 0 Å². The molecule has 0 saturated heterocycles. The van der Waals surface area contributed by atoms with Crippen LogP contribution >= 0.6 is 15.9 Å². The second-order valence-corrected chi connectivity index (χ2v) is 5.44. The van der Waals surface area contributed by atoms with E-state index in [1.54, 1.807) is 7.11 Å². The van der Waals surface area contributed by atoms with Crippen LogP contribution in [0.2, 0.25) is 0 Å². The summed E-state index contributed by atoms with van der Waals surface area (Å²) in [6.45, 7) is 4.51. The third kappa shape index (κ3) is 3.14. The molecule has 0 radical (unpaired) electrons. The van der Waals surface area contributed by atoms with Gasteiger partial charge in [-0.15, -0.1) is 0 Å². The summed E-state index contributed by atoms with van der Waals surface area (Å²) in [5.74, 6) is 2.28. The molecule has 2 rings (SSSR count). The van der Waals surface area contributed by atoms with Gasteiger partial charge in [-0.25, -0.2) is 0 Å². The fraction of sp³-hybridized carbons (Fsp3) is 0.250. The summed E-state index contributed by atoms with van der Waals surface area (Å²) >= 11 is 3.55. The number of aryl methyl sites for hydroxylation is 2. The number of rotatable bonds is 4. The first kappa shape index (κ1) is 14.9. The average molecular weight is 336 g/mol. The van der Waals surface area contributed by atoms with Crippen molar-refractivity contribution in [3.8, 4) is 17.2 Å². The van der Waals surface area contributed by atoms with Crippen LogP contribution < -0.4 is 15.2 Å². The molecule has 0 unspecified atom stereocenters. The largest absolute Gasteiger partial charge is 0.497 e. The van der Waals surface area contributed by atoms with E-state index in [0.717, 1.165) is 38.4 Å². The van der Waals surface area contributed by atoms with Crippen LogP contribution in [-0.4, -0.2) is 7.11 Å². The summed E-state index contributed by atoms with van der Waals surface area (Å²) in [5.41, 5.74) is 8.97. The van der Waals surface area contributed by atoms with Crippen LogP contribution in [0.1, 0.15) is 16.7 Å². The number of halogens is 1. The maximum Gasteiger partial charge on any atom is 0.135 e. The third-order valence-corrected chi connectivity index (χ3v) is 4.38. The topological polar surface area (TPSA) is 44.5 Å². The van der Waals surface area contributed by atoms with Gasteiger partial charge < -0.3 is 15.2 Å². The van der Waals surface area contributed by atoms with Gasteiger partial charge in [0.25, 0.3) is 0 Å². The van der Waals surface area contributed by atoms with Crippen LogP contribution in [-0.2, 0) is 6.54 Å². The zero-order chi connectivity index (χ0) is 14.7. The van der Waals surface area contributed by atoms with Crippen LogP contribution in [0, 0.1) is 13.8 Å². The maximum atomic E-state index is 5.98. The van der Waals surface area contributed by atoms with E-state index in [9.17, 15) is 0 Å². The van der Waals surface area contributed by atoms with Crippen molar-refractivity contribution in [2.75, 3.05) is 7.11 Å². The van der Waals surface area contributed by atoms with Gasteiger partial charge in [0.2, 0.25) is 0 Å². The molecule has 0 aliphatic rings. The molecule has 0 amide bonds. The highest BCUT2D eigenvalue weighted by molar-refractivity contribution is 9.10. The number of hydrogen-bond donors (Lipinski definition) is 1. The number of nitrogens with two attached hydrogens (primary N) is 1. The zero-order valence-corrected chi connectivity index (χ0v) is 13.5. The van der Waals surface area contributed by atoms with E-state index in [4.69, 9.17) is 15.2 Å². The minimum absolute atomic E-state index is 0.424. The lowest BCUT2D eigenvalue weighted by atomic mass is 10.1. The first-order valence-corrected chi connectivity index (χ1v) is 7.16. The van der Waals surface area contributed by atoms with Gasteiger partial charge >= 0.3 is 0 Å². The van der Waals surface area contributed by atoms with E-state index in [1.807, 2.05) is 44.2 Å². The molecule has 0 spiro atoms. The van der Waals surface area contributed by atoms with Crippen molar-refractivity contribution in [1.82, 2.24) is 0 Å². The van der Waals surface area contributed by atoms with Crippen molar-refractivity contribution in [2.45, 2.75) is 20.4 Å². The summed E-state index contributed by atoms with van der Waals surface area (Å²) in [5, 5.41) is 0. The van der Waals surface area contributed by atoms with E-state index < -0.39 is 0 Å². The monoisotopic (exact) mass is 335 g/mol. The Labute approximate surface area is 127 Å². The normalized spacial score (nSPS) is 10.4. The summed E-state index contributed by atoms with van der Waals surface area (Å²) in [4.78, 5) is 0. The highest BCUT2D eigenvalue weighted by Gasteiger charge is 2.08. The summed E-state index contributed by atoms with van der Waals surface area (Å²) in [7, 11) is 1.63. The average Bonchev–Trinajstić information content (AvgIpc) is 2.44. The lowest BCUT2D eigenvalue weighted by Crippen LogP contribution is -2.00. The van der Waals surface area contributed by atoms with Crippen LogP contribution in [0.15, 0.2) is 34.8 Å². The standard InChI is InChI=1S/C16H18BrNO2/c1-10-6-14(7-11(2)16(10)17)20-15-8-13(19-3)5-4-12(15)9-18/h4-8H,9,18H2,1-3H3. The lowest BCUT2D eigenvalue weighted by molar-refractivity contribution is 0.408. The van der Waals surface area contributed by atoms with Gasteiger partial charge in [0.1, 0.15) is 17.2 Å². The summed E-state index contributed by atoms with van der Waals surface area (Å²) < 4.78 is 12.3. The molecule has 0 saturated carbocycles. The molecule has 2 aromatic carbocycles. The van der Waals surface area contributed by atoms with Crippen molar-refractivity contribution >= 4 is 15.9 Å². The Morgan fingerprint density at radius 3 is 2.25 bits per heavy atom. The van der Waals surface area contributed by atoms with E-state index in [0.29, 0.717) is 6.54 Å². The first-order chi connectivity index (χ1) is 9.55. The van der Waals surface area contributed by atoms with Crippen LogP contribution in [0.5, 0.6) is 17.2 Å².